The summed E-state index contributed by atoms with van der Waals surface area (Å²) in [6.07, 6.45) is 6.05. The van der Waals surface area contributed by atoms with Crippen molar-refractivity contribution in [3.63, 3.8) is 0 Å². The van der Waals surface area contributed by atoms with Crippen LogP contribution in [0.1, 0.15) is 28.5 Å². The van der Waals surface area contributed by atoms with E-state index in [2.05, 4.69) is 26.9 Å². The van der Waals surface area contributed by atoms with Gasteiger partial charge in [0.25, 0.3) is 5.91 Å². The SMILES string of the molecule is CN1CCCN(C[C@@H]2OCCN(C(=O)c3ccc(O)cn3)[C@H]2c2cnn(C)c2)CC1. The van der Waals surface area contributed by atoms with Gasteiger partial charge in [0.2, 0.25) is 0 Å². The van der Waals surface area contributed by atoms with Crippen molar-refractivity contribution in [3.8, 4) is 5.75 Å². The molecule has 9 heteroatoms. The maximum atomic E-state index is 13.3. The van der Waals surface area contributed by atoms with Crippen LogP contribution >= 0.6 is 0 Å². The first kappa shape index (κ1) is 20.8. The predicted octanol–water partition coefficient (Wildman–Crippen LogP) is 0.741. The average Bonchev–Trinajstić information content (AvgIpc) is 3.06. The Bertz CT molecular complexity index is 855. The minimum absolute atomic E-state index is 0.0429. The van der Waals surface area contributed by atoms with Crippen molar-refractivity contribution in [1.82, 2.24) is 29.5 Å². The molecule has 1 amide bonds. The number of likely N-dealkylation sites (N-methyl/N-ethyl adjacent to an activating group) is 1. The molecule has 0 aromatic carbocycles. The molecule has 162 valence electrons. The number of carbonyl (C=O) groups excluding carboxylic acids is 1. The van der Waals surface area contributed by atoms with Crippen molar-refractivity contribution in [2.45, 2.75) is 18.6 Å². The highest BCUT2D eigenvalue weighted by Crippen LogP contribution is 2.31. The number of ether oxygens (including phenoxy) is 1. The highest BCUT2D eigenvalue weighted by atomic mass is 16.5. The summed E-state index contributed by atoms with van der Waals surface area (Å²) < 4.78 is 7.97. The molecular formula is C21H30N6O3. The Balaban J connectivity index is 1.59. The van der Waals surface area contributed by atoms with Gasteiger partial charge in [0, 0.05) is 45.0 Å². The molecule has 2 aromatic rings. The summed E-state index contributed by atoms with van der Waals surface area (Å²) in [5.74, 6) is -0.117. The van der Waals surface area contributed by atoms with Crippen molar-refractivity contribution in [1.29, 1.82) is 0 Å². The number of carbonyl (C=O) groups is 1. The fourth-order valence-corrected chi connectivity index (χ4v) is 4.30. The van der Waals surface area contributed by atoms with Gasteiger partial charge < -0.3 is 19.6 Å². The van der Waals surface area contributed by atoms with Crippen LogP contribution in [-0.4, -0.2) is 99.5 Å². The van der Waals surface area contributed by atoms with E-state index in [1.54, 1.807) is 10.7 Å². The molecule has 0 unspecified atom stereocenters. The minimum atomic E-state index is -0.239. The van der Waals surface area contributed by atoms with Crippen molar-refractivity contribution in [3.05, 3.63) is 42.0 Å². The maximum absolute atomic E-state index is 13.3. The zero-order valence-corrected chi connectivity index (χ0v) is 17.6. The van der Waals surface area contributed by atoms with Gasteiger partial charge in [0.15, 0.2) is 0 Å². The zero-order valence-electron chi connectivity index (χ0n) is 17.6. The van der Waals surface area contributed by atoms with Crippen molar-refractivity contribution in [2.24, 2.45) is 7.05 Å². The molecule has 2 aromatic heterocycles. The molecule has 2 aliphatic rings. The molecule has 4 rings (SSSR count). The smallest absolute Gasteiger partial charge is 0.273 e. The van der Waals surface area contributed by atoms with Gasteiger partial charge in [0.05, 0.1) is 31.1 Å². The summed E-state index contributed by atoms with van der Waals surface area (Å²) in [5.41, 5.74) is 1.28. The molecule has 9 nitrogen and oxygen atoms in total. The van der Waals surface area contributed by atoms with Gasteiger partial charge in [0.1, 0.15) is 11.4 Å². The quantitative estimate of drug-likeness (QED) is 0.790. The van der Waals surface area contributed by atoms with Gasteiger partial charge in [-0.15, -0.1) is 0 Å². The predicted molar refractivity (Wildman–Crippen MR) is 111 cm³/mol. The number of hydrogen-bond acceptors (Lipinski definition) is 7. The van der Waals surface area contributed by atoms with E-state index in [9.17, 15) is 9.90 Å². The first-order chi connectivity index (χ1) is 14.5. The molecular weight excluding hydrogens is 384 g/mol. The van der Waals surface area contributed by atoms with E-state index in [0.29, 0.717) is 18.8 Å². The topological polar surface area (TPSA) is 87.0 Å². The van der Waals surface area contributed by atoms with Crippen LogP contribution in [0.2, 0.25) is 0 Å². The van der Waals surface area contributed by atoms with E-state index in [1.165, 1.54) is 12.3 Å². The van der Waals surface area contributed by atoms with Crippen molar-refractivity contribution < 1.29 is 14.6 Å². The Morgan fingerprint density at radius 3 is 2.77 bits per heavy atom. The van der Waals surface area contributed by atoms with E-state index >= 15 is 0 Å². The third-order valence-electron chi connectivity index (χ3n) is 5.90. The number of nitrogens with zero attached hydrogens (tertiary/aromatic N) is 6. The molecule has 0 aliphatic carbocycles. The highest BCUT2D eigenvalue weighted by molar-refractivity contribution is 5.92. The van der Waals surface area contributed by atoms with Crippen molar-refractivity contribution >= 4 is 5.91 Å². The number of pyridine rings is 1. The number of aromatic nitrogens is 3. The molecule has 4 heterocycles. The lowest BCUT2D eigenvalue weighted by Gasteiger charge is -2.42. The van der Waals surface area contributed by atoms with Gasteiger partial charge in [-0.1, -0.05) is 0 Å². The summed E-state index contributed by atoms with van der Waals surface area (Å²) in [4.78, 5) is 24.1. The summed E-state index contributed by atoms with van der Waals surface area (Å²) in [6.45, 7) is 5.88. The molecule has 0 radical (unpaired) electrons. The number of aryl methyl sites for hydroxylation is 1. The Morgan fingerprint density at radius 2 is 2.03 bits per heavy atom. The minimum Gasteiger partial charge on any atom is -0.506 e. The van der Waals surface area contributed by atoms with Gasteiger partial charge in [-0.2, -0.15) is 5.10 Å². The Hall–Kier alpha value is -2.49. The van der Waals surface area contributed by atoms with Gasteiger partial charge in [-0.3, -0.25) is 14.4 Å². The number of rotatable bonds is 4. The van der Waals surface area contributed by atoms with Crippen LogP contribution < -0.4 is 0 Å². The monoisotopic (exact) mass is 414 g/mol. The van der Waals surface area contributed by atoms with Crippen LogP contribution in [0.25, 0.3) is 0 Å². The summed E-state index contributed by atoms with van der Waals surface area (Å²) in [6, 6.07) is 2.81. The highest BCUT2D eigenvalue weighted by Gasteiger charge is 2.38. The zero-order chi connectivity index (χ0) is 21.1. The van der Waals surface area contributed by atoms with Gasteiger partial charge >= 0.3 is 0 Å². The number of hydrogen-bond donors (Lipinski definition) is 1. The van der Waals surface area contributed by atoms with Crippen LogP contribution in [0.4, 0.5) is 0 Å². The molecule has 1 N–H and O–H groups in total. The number of morpholine rings is 1. The normalized spacial score (nSPS) is 24.0. The third-order valence-corrected chi connectivity index (χ3v) is 5.90. The van der Waals surface area contributed by atoms with E-state index in [4.69, 9.17) is 4.74 Å². The average molecular weight is 415 g/mol. The lowest BCUT2D eigenvalue weighted by atomic mass is 9.99. The van der Waals surface area contributed by atoms with Crippen LogP contribution in [-0.2, 0) is 11.8 Å². The lowest BCUT2D eigenvalue weighted by molar-refractivity contribution is -0.0725. The molecule has 2 fully saturated rings. The number of aromatic hydroxyl groups is 1. The molecule has 2 atom stereocenters. The van der Waals surface area contributed by atoms with Gasteiger partial charge in [-0.05, 0) is 38.7 Å². The molecule has 0 spiro atoms. The van der Waals surface area contributed by atoms with E-state index < -0.39 is 0 Å². The molecule has 30 heavy (non-hydrogen) atoms. The van der Waals surface area contributed by atoms with E-state index in [-0.39, 0.29) is 23.8 Å². The third kappa shape index (κ3) is 4.63. The largest absolute Gasteiger partial charge is 0.506 e. The van der Waals surface area contributed by atoms with E-state index in [0.717, 1.165) is 44.7 Å². The second kappa shape index (κ2) is 9.11. The molecule has 0 bridgehead atoms. The second-order valence-electron chi connectivity index (χ2n) is 8.16. The first-order valence-electron chi connectivity index (χ1n) is 10.5. The lowest BCUT2D eigenvalue weighted by Crippen LogP contribution is -2.52. The summed E-state index contributed by atoms with van der Waals surface area (Å²) >= 11 is 0. The van der Waals surface area contributed by atoms with Crippen LogP contribution in [0.15, 0.2) is 30.7 Å². The van der Waals surface area contributed by atoms with E-state index in [1.807, 2.05) is 24.3 Å². The van der Waals surface area contributed by atoms with Gasteiger partial charge in [-0.25, -0.2) is 4.98 Å². The fraction of sp³-hybridized carbons (Fsp3) is 0.571. The maximum Gasteiger partial charge on any atom is 0.273 e. The molecule has 2 aliphatic heterocycles. The summed E-state index contributed by atoms with van der Waals surface area (Å²) in [7, 11) is 4.03. The van der Waals surface area contributed by atoms with Crippen LogP contribution in [0, 0.1) is 0 Å². The standard InChI is InChI=1S/C21H30N6O3/c1-24-6-3-7-26(9-8-24)15-19-20(16-12-23-25(2)14-16)27(10-11-30-19)21(29)18-5-4-17(28)13-22-18/h4-5,12-14,19-20,28H,3,6-11,15H2,1-2H3/t19-,20-/m0/s1. The number of amides is 1. The molecule has 0 saturated carbocycles. The summed E-state index contributed by atoms with van der Waals surface area (Å²) in [5, 5.41) is 13.9. The first-order valence-corrected chi connectivity index (χ1v) is 10.5. The Kier molecular flexibility index (Phi) is 6.31. The van der Waals surface area contributed by atoms with Crippen LogP contribution in [0.5, 0.6) is 5.75 Å². The Labute approximate surface area is 176 Å². The second-order valence-corrected chi connectivity index (χ2v) is 8.16. The van der Waals surface area contributed by atoms with Crippen molar-refractivity contribution in [2.75, 3.05) is 52.9 Å². The Morgan fingerprint density at radius 1 is 1.17 bits per heavy atom. The van der Waals surface area contributed by atoms with Crippen LogP contribution in [0.3, 0.4) is 0 Å². The molecule has 2 saturated heterocycles. The fourth-order valence-electron chi connectivity index (χ4n) is 4.30.